The number of halogens is 2. The molecule has 136 valence electrons. The fourth-order valence-electron chi connectivity index (χ4n) is 3.40. The van der Waals surface area contributed by atoms with E-state index in [9.17, 15) is 28.3 Å². The highest BCUT2D eigenvalue weighted by atomic mass is 19.3. The predicted molar refractivity (Wildman–Crippen MR) is 81.6 cm³/mol. The van der Waals surface area contributed by atoms with Crippen LogP contribution in [0, 0.1) is 11.3 Å². The molecule has 0 aliphatic carbocycles. The van der Waals surface area contributed by atoms with Gasteiger partial charge in [-0.2, -0.15) is 0 Å². The monoisotopic (exact) mass is 356 g/mol. The van der Waals surface area contributed by atoms with E-state index in [1.807, 2.05) is 0 Å². The number of aromatic amines is 1. The number of nitrogens with zero attached hydrogens (tertiary/aromatic N) is 1. The molecule has 2 N–H and O–H groups in total. The molecule has 0 radical (unpaired) electrons. The predicted octanol–water partition coefficient (Wildman–Crippen LogP) is 0.876. The van der Waals surface area contributed by atoms with Crippen LogP contribution in [0.2, 0.25) is 0 Å². The minimum absolute atomic E-state index is 0.188. The number of ether oxygens (including phenoxy) is 1. The molecule has 2 aliphatic heterocycles. The van der Waals surface area contributed by atoms with E-state index in [0.29, 0.717) is 24.3 Å². The Morgan fingerprint density at radius 2 is 2.20 bits per heavy atom. The van der Waals surface area contributed by atoms with Crippen molar-refractivity contribution in [2.45, 2.75) is 26.4 Å². The van der Waals surface area contributed by atoms with Crippen LogP contribution < -0.4 is 5.56 Å². The highest BCUT2D eigenvalue weighted by Gasteiger charge is 2.54. The Balaban J connectivity index is 1.92. The van der Waals surface area contributed by atoms with Crippen LogP contribution in [0.4, 0.5) is 8.78 Å². The van der Waals surface area contributed by atoms with Crippen LogP contribution in [-0.4, -0.2) is 53.0 Å². The van der Waals surface area contributed by atoms with Crippen molar-refractivity contribution in [3.63, 3.8) is 0 Å². The van der Waals surface area contributed by atoms with Gasteiger partial charge in [-0.15, -0.1) is 0 Å². The first-order chi connectivity index (χ1) is 11.7. The molecule has 1 aromatic heterocycles. The Labute approximate surface area is 141 Å². The summed E-state index contributed by atoms with van der Waals surface area (Å²) < 4.78 is 32.1. The van der Waals surface area contributed by atoms with Gasteiger partial charge in [0.2, 0.25) is 6.43 Å². The van der Waals surface area contributed by atoms with Crippen molar-refractivity contribution in [3.05, 3.63) is 33.2 Å². The molecule has 2 atom stereocenters. The number of hydrogen-bond donors (Lipinski definition) is 2. The lowest BCUT2D eigenvalue weighted by Gasteiger charge is -2.26. The zero-order valence-electron chi connectivity index (χ0n) is 13.6. The quantitative estimate of drug-likeness (QED) is 0.837. The molecule has 0 saturated carbocycles. The smallest absolute Gasteiger partial charge is 0.309 e. The molecule has 0 aromatic carbocycles. The molecular formula is C16H18F2N2O5. The number of pyridine rings is 1. The number of hydrogen-bond acceptors (Lipinski definition) is 4. The third kappa shape index (κ3) is 2.92. The Hall–Kier alpha value is -2.29. The van der Waals surface area contributed by atoms with Crippen molar-refractivity contribution in [1.29, 1.82) is 0 Å². The van der Waals surface area contributed by atoms with E-state index in [1.165, 1.54) is 6.07 Å². The van der Waals surface area contributed by atoms with Crippen molar-refractivity contribution in [2.24, 2.45) is 11.3 Å². The third-order valence-corrected chi connectivity index (χ3v) is 5.01. The summed E-state index contributed by atoms with van der Waals surface area (Å²) >= 11 is 0. The number of carbonyl (C=O) groups excluding carboxylic acids is 1. The molecule has 3 rings (SSSR count). The highest BCUT2D eigenvalue weighted by Crippen LogP contribution is 2.41. The van der Waals surface area contributed by atoms with Crippen LogP contribution in [0.3, 0.4) is 0 Å². The largest absolute Gasteiger partial charge is 0.481 e. The summed E-state index contributed by atoms with van der Waals surface area (Å²) in [6, 6.07) is 1.41. The van der Waals surface area contributed by atoms with Crippen LogP contribution in [0.25, 0.3) is 0 Å². The first-order valence-corrected chi connectivity index (χ1v) is 7.87. The maximum absolute atomic E-state index is 13.4. The number of rotatable bonds is 3. The van der Waals surface area contributed by atoms with Gasteiger partial charge in [0.05, 0.1) is 24.5 Å². The zero-order valence-corrected chi connectivity index (χ0v) is 13.6. The van der Waals surface area contributed by atoms with Crippen LogP contribution in [0.15, 0.2) is 10.9 Å². The first-order valence-electron chi connectivity index (χ1n) is 7.87. The average Bonchev–Trinajstić information content (AvgIpc) is 2.93. The number of amides is 1. The Morgan fingerprint density at radius 1 is 1.48 bits per heavy atom. The molecule has 1 amide bonds. The van der Waals surface area contributed by atoms with E-state index in [1.54, 1.807) is 0 Å². The van der Waals surface area contributed by atoms with Crippen molar-refractivity contribution >= 4 is 11.9 Å². The van der Waals surface area contributed by atoms with Gasteiger partial charge in [-0.1, -0.05) is 6.92 Å². The summed E-state index contributed by atoms with van der Waals surface area (Å²) in [5.41, 5.74) is -1.30. The van der Waals surface area contributed by atoms with E-state index in [2.05, 4.69) is 4.98 Å². The summed E-state index contributed by atoms with van der Waals surface area (Å²) in [4.78, 5) is 39.8. The van der Waals surface area contributed by atoms with Gasteiger partial charge >= 0.3 is 5.97 Å². The second-order valence-corrected chi connectivity index (χ2v) is 6.70. The molecule has 1 fully saturated rings. The van der Waals surface area contributed by atoms with Gasteiger partial charge in [-0.05, 0) is 11.6 Å². The summed E-state index contributed by atoms with van der Waals surface area (Å²) in [6.07, 6.45) is -2.38. The number of H-pyrrole nitrogens is 1. The molecule has 3 heterocycles. The number of alkyl halides is 2. The topological polar surface area (TPSA) is 99.7 Å². The lowest BCUT2D eigenvalue weighted by molar-refractivity contribution is -0.148. The van der Waals surface area contributed by atoms with Crippen LogP contribution in [0.1, 0.15) is 28.5 Å². The normalized spacial score (nSPS) is 25.9. The van der Waals surface area contributed by atoms with E-state index >= 15 is 0 Å². The lowest BCUT2D eigenvalue weighted by Crippen LogP contribution is -2.39. The van der Waals surface area contributed by atoms with Gasteiger partial charge in [0.25, 0.3) is 11.5 Å². The standard InChI is InChI=1S/C16H18F2N2O5/c1-16(15(17)18)7-20(5-10(16)14(23)24)13(22)9-4-8-6-25-3-2-11(8)19-12(9)21/h4,10,15H,2-3,5-7H2,1H3,(H,19,21)(H,23,24). The minimum atomic E-state index is -2.90. The highest BCUT2D eigenvalue weighted by molar-refractivity contribution is 5.95. The first kappa shape index (κ1) is 17.5. The summed E-state index contributed by atoms with van der Waals surface area (Å²) in [6.45, 7) is 1.08. The van der Waals surface area contributed by atoms with E-state index in [-0.39, 0.29) is 18.7 Å². The summed E-state index contributed by atoms with van der Waals surface area (Å²) in [5, 5.41) is 9.22. The Bertz CT molecular complexity index is 778. The number of likely N-dealkylation sites (tertiary alicyclic amines) is 1. The Morgan fingerprint density at radius 3 is 2.80 bits per heavy atom. The van der Waals surface area contributed by atoms with Crippen molar-refractivity contribution in [1.82, 2.24) is 9.88 Å². The Kier molecular flexibility index (Phi) is 4.36. The molecule has 7 nitrogen and oxygen atoms in total. The van der Waals surface area contributed by atoms with E-state index in [4.69, 9.17) is 4.74 Å². The second-order valence-electron chi connectivity index (χ2n) is 6.70. The van der Waals surface area contributed by atoms with Gasteiger partial charge in [0.15, 0.2) is 0 Å². The van der Waals surface area contributed by atoms with Gasteiger partial charge in [0, 0.05) is 25.2 Å². The molecular weight excluding hydrogens is 338 g/mol. The summed E-state index contributed by atoms with van der Waals surface area (Å²) in [5.74, 6) is -3.52. The maximum Gasteiger partial charge on any atom is 0.309 e. The average molecular weight is 356 g/mol. The fourth-order valence-corrected chi connectivity index (χ4v) is 3.40. The fraction of sp³-hybridized carbons (Fsp3) is 0.562. The molecule has 2 aliphatic rings. The molecule has 0 spiro atoms. The lowest BCUT2D eigenvalue weighted by atomic mass is 9.80. The number of nitrogens with one attached hydrogen (secondary N) is 1. The number of carboxylic acids is 1. The molecule has 9 heteroatoms. The second kappa shape index (κ2) is 6.21. The number of carboxylic acid groups (broad SMARTS) is 1. The van der Waals surface area contributed by atoms with Crippen molar-refractivity contribution in [3.8, 4) is 0 Å². The third-order valence-electron chi connectivity index (χ3n) is 5.01. The molecule has 0 bridgehead atoms. The van der Waals surface area contributed by atoms with Crippen LogP contribution in [0.5, 0.6) is 0 Å². The zero-order chi connectivity index (χ0) is 18.4. The van der Waals surface area contributed by atoms with Gasteiger partial charge in [-0.3, -0.25) is 14.4 Å². The minimum Gasteiger partial charge on any atom is -0.481 e. The van der Waals surface area contributed by atoms with Crippen molar-refractivity contribution < 1.29 is 28.2 Å². The maximum atomic E-state index is 13.4. The summed E-state index contributed by atoms with van der Waals surface area (Å²) in [7, 11) is 0. The van der Waals surface area contributed by atoms with E-state index < -0.39 is 41.7 Å². The van der Waals surface area contributed by atoms with Crippen LogP contribution >= 0.6 is 0 Å². The molecule has 1 saturated heterocycles. The molecule has 1 aromatic rings. The van der Waals surface area contributed by atoms with Gasteiger partial charge < -0.3 is 19.7 Å². The van der Waals surface area contributed by atoms with E-state index in [0.717, 1.165) is 11.8 Å². The molecule has 2 unspecified atom stereocenters. The number of aromatic nitrogens is 1. The van der Waals surface area contributed by atoms with Gasteiger partial charge in [-0.25, -0.2) is 8.78 Å². The van der Waals surface area contributed by atoms with Crippen molar-refractivity contribution in [2.75, 3.05) is 19.7 Å². The molecule has 25 heavy (non-hydrogen) atoms. The number of aliphatic carboxylic acids is 1. The SMILES string of the molecule is CC1(C(F)F)CN(C(=O)c2cc3c([nH]c2=O)CCOC3)CC1C(=O)O. The number of fused-ring (bicyclic) bond motifs is 1. The van der Waals surface area contributed by atoms with Gasteiger partial charge in [0.1, 0.15) is 5.56 Å². The number of carbonyl (C=O) groups is 2. The van der Waals surface area contributed by atoms with Crippen LogP contribution in [-0.2, 0) is 22.6 Å².